The van der Waals surface area contributed by atoms with E-state index in [1.165, 1.54) is 0 Å². The van der Waals surface area contributed by atoms with Gasteiger partial charge in [-0.05, 0) is 26.3 Å². The number of nitrogens with zero attached hydrogens (tertiary/aromatic N) is 3. The molecule has 2 fully saturated rings. The molecule has 1 N–H and O–H groups in total. The number of hydrogen-bond acceptors (Lipinski definition) is 4. The number of likely N-dealkylation sites (N-methyl/N-ethyl adjacent to an activating group) is 1. The number of likely N-dealkylation sites (tertiary alicyclic amines) is 1. The lowest BCUT2D eigenvalue weighted by atomic mass is 9.77. The number of piperidine rings is 1. The Morgan fingerprint density at radius 2 is 1.82 bits per heavy atom. The highest BCUT2D eigenvalue weighted by Crippen LogP contribution is 2.34. The summed E-state index contributed by atoms with van der Waals surface area (Å²) in [5.41, 5.74) is -0.865. The van der Waals surface area contributed by atoms with Crippen LogP contribution in [-0.4, -0.2) is 91.8 Å². The molecule has 2 amide bonds. The van der Waals surface area contributed by atoms with Gasteiger partial charge in [0.15, 0.2) is 0 Å². The molecule has 7 heteroatoms. The van der Waals surface area contributed by atoms with Crippen LogP contribution in [0.2, 0.25) is 0 Å². The third-order valence-electron chi connectivity index (χ3n) is 4.86. The Morgan fingerprint density at radius 1 is 1.14 bits per heavy atom. The molecule has 0 spiro atoms. The van der Waals surface area contributed by atoms with Gasteiger partial charge >= 0.3 is 12.0 Å². The molecule has 2 saturated heterocycles. The lowest BCUT2D eigenvalue weighted by Gasteiger charge is -2.43. The van der Waals surface area contributed by atoms with E-state index in [1.54, 1.807) is 12.0 Å². The minimum atomic E-state index is -0.865. The van der Waals surface area contributed by atoms with Crippen molar-refractivity contribution in [3.05, 3.63) is 0 Å². The predicted molar refractivity (Wildman–Crippen MR) is 81.8 cm³/mol. The maximum atomic E-state index is 12.7. The van der Waals surface area contributed by atoms with Gasteiger partial charge in [-0.2, -0.15) is 0 Å². The first-order valence-corrected chi connectivity index (χ1v) is 7.93. The summed E-state index contributed by atoms with van der Waals surface area (Å²) < 4.78 is 5.06. The van der Waals surface area contributed by atoms with Gasteiger partial charge in [0.05, 0.1) is 5.41 Å². The van der Waals surface area contributed by atoms with E-state index in [1.807, 2.05) is 11.9 Å². The molecule has 0 aromatic heterocycles. The van der Waals surface area contributed by atoms with E-state index in [-0.39, 0.29) is 12.6 Å². The molecule has 1 atom stereocenters. The summed E-state index contributed by atoms with van der Waals surface area (Å²) in [4.78, 5) is 30.2. The largest absolute Gasteiger partial charge is 0.481 e. The summed E-state index contributed by atoms with van der Waals surface area (Å²) in [6.45, 7) is 4.50. The van der Waals surface area contributed by atoms with Gasteiger partial charge in [0.1, 0.15) is 0 Å². The monoisotopic (exact) mass is 313 g/mol. The van der Waals surface area contributed by atoms with E-state index < -0.39 is 11.4 Å². The van der Waals surface area contributed by atoms with Gasteiger partial charge in [0.2, 0.25) is 0 Å². The number of carboxylic acid groups (broad SMARTS) is 1. The van der Waals surface area contributed by atoms with Gasteiger partial charge in [-0.25, -0.2) is 4.79 Å². The fourth-order valence-corrected chi connectivity index (χ4v) is 3.28. The molecule has 22 heavy (non-hydrogen) atoms. The van der Waals surface area contributed by atoms with Crippen molar-refractivity contribution in [3.63, 3.8) is 0 Å². The molecule has 0 bridgehead atoms. The second-order valence-corrected chi connectivity index (χ2v) is 6.43. The first-order valence-electron chi connectivity index (χ1n) is 7.93. The topological polar surface area (TPSA) is 73.3 Å². The Balaban J connectivity index is 2.02. The van der Waals surface area contributed by atoms with Gasteiger partial charge in [0.25, 0.3) is 0 Å². The van der Waals surface area contributed by atoms with E-state index in [0.29, 0.717) is 39.1 Å². The van der Waals surface area contributed by atoms with Crippen molar-refractivity contribution >= 4 is 12.0 Å². The number of amides is 2. The fraction of sp³-hybridized carbons (Fsp3) is 0.867. The van der Waals surface area contributed by atoms with Gasteiger partial charge in [-0.15, -0.1) is 0 Å². The number of rotatable bonds is 4. The summed E-state index contributed by atoms with van der Waals surface area (Å²) in [5, 5.41) is 9.65. The number of piperazine rings is 1. The summed E-state index contributed by atoms with van der Waals surface area (Å²) in [7, 11) is 3.62. The Bertz CT molecular complexity index is 410. The second kappa shape index (κ2) is 7.28. The molecule has 2 rings (SSSR count). The highest BCUT2D eigenvalue weighted by Gasteiger charge is 2.44. The zero-order chi connectivity index (χ0) is 16.2. The molecule has 0 unspecified atom stereocenters. The molecule has 0 aromatic carbocycles. The highest BCUT2D eigenvalue weighted by molar-refractivity contribution is 5.79. The lowest BCUT2D eigenvalue weighted by molar-refractivity contribution is -0.153. The zero-order valence-corrected chi connectivity index (χ0v) is 13.6. The van der Waals surface area contributed by atoms with Crippen LogP contribution in [0.15, 0.2) is 0 Å². The van der Waals surface area contributed by atoms with Crippen molar-refractivity contribution in [1.82, 2.24) is 14.7 Å². The highest BCUT2D eigenvalue weighted by atomic mass is 16.5. The average Bonchev–Trinajstić information content (AvgIpc) is 2.53. The number of hydrogen-bond donors (Lipinski definition) is 1. The lowest BCUT2D eigenvalue weighted by Crippen LogP contribution is -2.57. The van der Waals surface area contributed by atoms with Crippen molar-refractivity contribution in [2.24, 2.45) is 5.41 Å². The van der Waals surface area contributed by atoms with Crippen LogP contribution in [0.25, 0.3) is 0 Å². The maximum Gasteiger partial charge on any atom is 0.320 e. The van der Waals surface area contributed by atoms with Crippen LogP contribution in [0.5, 0.6) is 0 Å². The number of carboxylic acids is 1. The normalized spacial score (nSPS) is 27.0. The molecular weight excluding hydrogens is 286 g/mol. The number of carbonyl (C=O) groups excluding carboxylic acids is 1. The van der Waals surface area contributed by atoms with Gasteiger partial charge in [-0.1, -0.05) is 0 Å². The predicted octanol–water partition coefficient (Wildman–Crippen LogP) is 0.557. The van der Waals surface area contributed by atoms with E-state index in [2.05, 4.69) is 4.90 Å². The standard InChI is InChI=1S/C15H27N3O4/c1-16-7-9-17(10-8-16)14(21)18-6-3-4-15(12-18,13(19)20)5-11-22-2/h3-12H2,1-2H3,(H,19,20)/t15-/m1/s1. The number of ether oxygens (including phenoxy) is 1. The quantitative estimate of drug-likeness (QED) is 0.821. The first-order chi connectivity index (χ1) is 10.5. The van der Waals surface area contributed by atoms with Gasteiger partial charge in [0, 0.05) is 53.0 Å². The Hall–Kier alpha value is -1.34. The van der Waals surface area contributed by atoms with Gasteiger partial charge in [-0.3, -0.25) is 4.79 Å². The average molecular weight is 313 g/mol. The van der Waals surface area contributed by atoms with Crippen LogP contribution in [-0.2, 0) is 9.53 Å². The minimum absolute atomic E-state index is 0.0177. The Morgan fingerprint density at radius 3 is 2.41 bits per heavy atom. The molecule has 0 saturated carbocycles. The summed E-state index contributed by atoms with van der Waals surface area (Å²) in [6.07, 6.45) is 1.79. The Labute approximate surface area is 131 Å². The van der Waals surface area contributed by atoms with E-state index in [0.717, 1.165) is 19.5 Å². The molecular formula is C15H27N3O4. The number of aliphatic carboxylic acids is 1. The van der Waals surface area contributed by atoms with Crippen molar-refractivity contribution in [2.75, 3.05) is 60.0 Å². The molecule has 2 aliphatic rings. The van der Waals surface area contributed by atoms with E-state index >= 15 is 0 Å². The smallest absolute Gasteiger partial charge is 0.320 e. The molecule has 7 nitrogen and oxygen atoms in total. The van der Waals surface area contributed by atoms with Crippen molar-refractivity contribution in [3.8, 4) is 0 Å². The summed E-state index contributed by atoms with van der Waals surface area (Å²) in [5.74, 6) is -0.819. The van der Waals surface area contributed by atoms with Crippen LogP contribution in [0.1, 0.15) is 19.3 Å². The van der Waals surface area contributed by atoms with Crippen LogP contribution >= 0.6 is 0 Å². The number of urea groups is 1. The van der Waals surface area contributed by atoms with Crippen molar-refractivity contribution in [1.29, 1.82) is 0 Å². The van der Waals surface area contributed by atoms with Crippen molar-refractivity contribution < 1.29 is 19.4 Å². The van der Waals surface area contributed by atoms with Crippen LogP contribution in [0, 0.1) is 5.41 Å². The first kappa shape index (κ1) is 17.0. The van der Waals surface area contributed by atoms with Crippen LogP contribution < -0.4 is 0 Å². The maximum absolute atomic E-state index is 12.7. The van der Waals surface area contributed by atoms with E-state index in [4.69, 9.17) is 4.74 Å². The molecule has 2 heterocycles. The van der Waals surface area contributed by atoms with Crippen molar-refractivity contribution in [2.45, 2.75) is 19.3 Å². The minimum Gasteiger partial charge on any atom is -0.481 e. The molecule has 2 aliphatic heterocycles. The molecule has 126 valence electrons. The fourth-order valence-electron chi connectivity index (χ4n) is 3.28. The van der Waals surface area contributed by atoms with Crippen LogP contribution in [0.4, 0.5) is 4.79 Å². The number of carbonyl (C=O) groups is 2. The number of methoxy groups -OCH3 is 1. The third kappa shape index (κ3) is 3.70. The van der Waals surface area contributed by atoms with Gasteiger partial charge < -0.3 is 24.5 Å². The SMILES string of the molecule is COCC[C@]1(C(=O)O)CCCN(C(=O)N2CCN(C)CC2)C1. The molecule has 0 radical (unpaired) electrons. The van der Waals surface area contributed by atoms with Crippen LogP contribution in [0.3, 0.4) is 0 Å². The molecule has 0 aliphatic carbocycles. The third-order valence-corrected chi connectivity index (χ3v) is 4.86. The molecule has 0 aromatic rings. The summed E-state index contributed by atoms with van der Waals surface area (Å²) in [6, 6.07) is -0.0177. The summed E-state index contributed by atoms with van der Waals surface area (Å²) >= 11 is 0. The second-order valence-electron chi connectivity index (χ2n) is 6.43. The Kier molecular flexibility index (Phi) is 5.63. The zero-order valence-electron chi connectivity index (χ0n) is 13.6. The van der Waals surface area contributed by atoms with E-state index in [9.17, 15) is 14.7 Å².